The number of amides is 1. The molecular weight excluding hydrogens is 226 g/mol. The normalized spacial score (nSPS) is 21.1. The highest BCUT2D eigenvalue weighted by Gasteiger charge is 2.47. The molecule has 16 heavy (non-hydrogen) atoms. The lowest BCUT2D eigenvalue weighted by Gasteiger charge is -2.30. The summed E-state index contributed by atoms with van der Waals surface area (Å²) in [6, 6.07) is 4.98. The second kappa shape index (κ2) is 3.07. The van der Waals surface area contributed by atoms with Gasteiger partial charge in [-0.3, -0.25) is 4.79 Å². The number of benzene rings is 1. The zero-order valence-corrected chi connectivity index (χ0v) is 10.2. The van der Waals surface area contributed by atoms with E-state index in [4.69, 9.17) is 0 Å². The van der Waals surface area contributed by atoms with Crippen LogP contribution in [0.4, 0.5) is 5.69 Å². The van der Waals surface area contributed by atoms with Gasteiger partial charge in [-0.05, 0) is 38.5 Å². The van der Waals surface area contributed by atoms with Gasteiger partial charge in [0.05, 0.1) is 10.6 Å². The van der Waals surface area contributed by atoms with E-state index < -0.39 is 20.5 Å². The molecule has 1 aromatic rings. The third-order valence-corrected chi connectivity index (χ3v) is 5.34. The molecule has 1 heterocycles. The summed E-state index contributed by atoms with van der Waals surface area (Å²) in [6.45, 7) is 4.66. The van der Waals surface area contributed by atoms with Crippen LogP contribution < -0.4 is 5.32 Å². The molecule has 1 amide bonds. The average molecular weight is 239 g/mol. The molecule has 0 atom stereocenters. The van der Waals surface area contributed by atoms with Crippen LogP contribution in [0.25, 0.3) is 0 Å². The van der Waals surface area contributed by atoms with Gasteiger partial charge in [-0.1, -0.05) is 6.07 Å². The smallest absolute Gasteiger partial charge is 0.245 e. The molecule has 1 N–H and O–H groups in total. The minimum absolute atomic E-state index is 0.206. The van der Waals surface area contributed by atoms with Crippen LogP contribution in [0.2, 0.25) is 0 Å². The summed E-state index contributed by atoms with van der Waals surface area (Å²) in [4.78, 5) is 11.9. The molecule has 0 aromatic heterocycles. The van der Waals surface area contributed by atoms with E-state index in [0.29, 0.717) is 5.69 Å². The number of nitrogens with one attached hydrogen (secondary N) is 1. The van der Waals surface area contributed by atoms with Gasteiger partial charge in [0.2, 0.25) is 5.91 Å². The molecule has 5 heteroatoms. The van der Waals surface area contributed by atoms with Gasteiger partial charge in [0.25, 0.3) is 0 Å². The van der Waals surface area contributed by atoms with E-state index >= 15 is 0 Å². The van der Waals surface area contributed by atoms with Gasteiger partial charge in [-0.15, -0.1) is 0 Å². The minimum Gasteiger partial charge on any atom is -0.324 e. The van der Waals surface area contributed by atoms with Crippen molar-refractivity contribution < 1.29 is 13.2 Å². The van der Waals surface area contributed by atoms with Gasteiger partial charge >= 0.3 is 0 Å². The lowest BCUT2D eigenvalue weighted by Crippen LogP contribution is -2.48. The van der Waals surface area contributed by atoms with Crippen LogP contribution in [0.1, 0.15) is 19.4 Å². The van der Waals surface area contributed by atoms with Crippen LogP contribution in [0.3, 0.4) is 0 Å². The lowest BCUT2D eigenvalue weighted by molar-refractivity contribution is -0.118. The second-order valence-electron chi connectivity index (χ2n) is 4.47. The van der Waals surface area contributed by atoms with Crippen LogP contribution in [-0.2, 0) is 14.6 Å². The van der Waals surface area contributed by atoms with E-state index in [9.17, 15) is 13.2 Å². The van der Waals surface area contributed by atoms with Crippen molar-refractivity contribution in [3.63, 3.8) is 0 Å². The van der Waals surface area contributed by atoms with Crippen molar-refractivity contribution in [3.05, 3.63) is 23.8 Å². The molecule has 2 rings (SSSR count). The van der Waals surface area contributed by atoms with Crippen LogP contribution in [0.5, 0.6) is 0 Å². The maximum Gasteiger partial charge on any atom is 0.245 e. The minimum atomic E-state index is -3.60. The summed E-state index contributed by atoms with van der Waals surface area (Å²) in [5, 5.41) is 2.61. The summed E-state index contributed by atoms with van der Waals surface area (Å²) in [7, 11) is -3.60. The van der Waals surface area contributed by atoms with Gasteiger partial charge in [0.1, 0.15) is 4.75 Å². The van der Waals surface area contributed by atoms with Gasteiger partial charge in [-0.2, -0.15) is 0 Å². The summed E-state index contributed by atoms with van der Waals surface area (Å²) in [5.74, 6) is -0.483. The fourth-order valence-electron chi connectivity index (χ4n) is 1.62. The Hall–Kier alpha value is -1.36. The fourth-order valence-corrected chi connectivity index (χ4v) is 3.22. The Morgan fingerprint density at radius 2 is 1.88 bits per heavy atom. The molecule has 0 unspecified atom stereocenters. The SMILES string of the molecule is Cc1ccc2c(c1)S(=O)(=O)C(C)(C)C(=O)N2. The quantitative estimate of drug-likeness (QED) is 0.746. The van der Waals surface area contributed by atoms with Crippen molar-refractivity contribution in [2.75, 3.05) is 5.32 Å². The molecule has 1 aliphatic heterocycles. The van der Waals surface area contributed by atoms with Crippen LogP contribution >= 0.6 is 0 Å². The molecule has 86 valence electrons. The average Bonchev–Trinajstić information content (AvgIpc) is 2.18. The number of carbonyl (C=O) groups excluding carboxylic acids is 1. The molecule has 0 aliphatic carbocycles. The summed E-state index contributed by atoms with van der Waals surface area (Å²) >= 11 is 0. The van der Waals surface area contributed by atoms with E-state index in [1.165, 1.54) is 13.8 Å². The molecular formula is C11H13NO3S. The number of aryl methyl sites for hydroxylation is 1. The first-order valence-electron chi connectivity index (χ1n) is 4.93. The molecule has 0 spiro atoms. The Labute approximate surface area is 94.6 Å². The third-order valence-electron chi connectivity index (χ3n) is 2.89. The van der Waals surface area contributed by atoms with Crippen molar-refractivity contribution in [1.29, 1.82) is 0 Å². The van der Waals surface area contributed by atoms with Crippen LogP contribution in [0, 0.1) is 6.92 Å². The predicted octanol–water partition coefficient (Wildman–Crippen LogP) is 1.50. The summed E-state index contributed by atoms with van der Waals surface area (Å²) < 4.78 is 23.0. The fraction of sp³-hybridized carbons (Fsp3) is 0.364. The first kappa shape index (κ1) is 11.1. The second-order valence-corrected chi connectivity index (χ2v) is 6.93. The number of anilines is 1. The van der Waals surface area contributed by atoms with Crippen LogP contribution in [0.15, 0.2) is 23.1 Å². The molecule has 0 saturated carbocycles. The van der Waals surface area contributed by atoms with Crippen molar-refractivity contribution in [3.8, 4) is 0 Å². The monoisotopic (exact) mass is 239 g/mol. The molecule has 1 aliphatic rings. The maximum absolute atomic E-state index is 12.2. The first-order valence-corrected chi connectivity index (χ1v) is 6.42. The Balaban J connectivity index is 2.79. The zero-order valence-electron chi connectivity index (χ0n) is 9.37. The van der Waals surface area contributed by atoms with Crippen molar-refractivity contribution in [2.45, 2.75) is 30.4 Å². The largest absolute Gasteiger partial charge is 0.324 e. The van der Waals surface area contributed by atoms with Crippen molar-refractivity contribution in [1.82, 2.24) is 0 Å². The number of hydrogen-bond donors (Lipinski definition) is 1. The van der Waals surface area contributed by atoms with E-state index in [1.54, 1.807) is 18.2 Å². The molecule has 0 fully saturated rings. The van der Waals surface area contributed by atoms with E-state index in [2.05, 4.69) is 5.32 Å². The number of carbonyl (C=O) groups is 1. The van der Waals surface area contributed by atoms with Gasteiger partial charge in [0, 0.05) is 0 Å². The van der Waals surface area contributed by atoms with Gasteiger partial charge in [-0.25, -0.2) is 8.42 Å². The zero-order chi connectivity index (χ0) is 12.1. The molecule has 1 aromatic carbocycles. The summed E-state index contributed by atoms with van der Waals surface area (Å²) in [5.41, 5.74) is 1.23. The molecule has 0 bridgehead atoms. The van der Waals surface area contributed by atoms with Crippen LogP contribution in [-0.4, -0.2) is 19.1 Å². The topological polar surface area (TPSA) is 63.2 Å². The molecule has 0 saturated heterocycles. The van der Waals surface area contributed by atoms with E-state index in [-0.39, 0.29) is 4.90 Å². The lowest BCUT2D eigenvalue weighted by atomic mass is 10.1. The number of sulfone groups is 1. The third kappa shape index (κ3) is 1.28. The summed E-state index contributed by atoms with van der Waals surface area (Å²) in [6.07, 6.45) is 0. The number of fused-ring (bicyclic) bond motifs is 1. The first-order chi connectivity index (χ1) is 7.26. The highest BCUT2D eigenvalue weighted by Crippen LogP contribution is 2.36. The Kier molecular flexibility index (Phi) is 2.14. The van der Waals surface area contributed by atoms with Crippen molar-refractivity contribution in [2.24, 2.45) is 0 Å². The highest BCUT2D eigenvalue weighted by molar-refractivity contribution is 7.94. The number of hydrogen-bond acceptors (Lipinski definition) is 3. The Morgan fingerprint density at radius 1 is 1.25 bits per heavy atom. The standard InChI is InChI=1S/C11H13NO3S/c1-7-4-5-8-9(6-7)16(14,15)11(2,3)10(13)12-8/h4-6H,1-3H3,(H,12,13). The number of rotatable bonds is 0. The van der Waals surface area contributed by atoms with E-state index in [1.807, 2.05) is 6.92 Å². The molecule has 0 radical (unpaired) electrons. The highest BCUT2D eigenvalue weighted by atomic mass is 32.2. The van der Waals surface area contributed by atoms with Gasteiger partial charge in [0.15, 0.2) is 9.84 Å². The molecule has 4 nitrogen and oxygen atoms in total. The predicted molar refractivity (Wildman–Crippen MR) is 61.1 cm³/mol. The van der Waals surface area contributed by atoms with E-state index in [0.717, 1.165) is 5.56 Å². The Morgan fingerprint density at radius 3 is 2.50 bits per heavy atom. The Bertz CT molecular complexity index is 573. The van der Waals surface area contributed by atoms with Crippen molar-refractivity contribution >= 4 is 21.4 Å². The van der Waals surface area contributed by atoms with Gasteiger partial charge < -0.3 is 5.32 Å². The maximum atomic E-state index is 12.2.